The lowest BCUT2D eigenvalue weighted by atomic mass is 9.99. The van der Waals surface area contributed by atoms with Crippen molar-refractivity contribution in [2.75, 3.05) is 26.0 Å². The molecule has 100 valence electrons. The van der Waals surface area contributed by atoms with E-state index in [2.05, 4.69) is 78.9 Å². The van der Waals surface area contributed by atoms with E-state index in [1.807, 2.05) is 7.05 Å². The highest BCUT2D eigenvalue weighted by Gasteiger charge is 2.10. The minimum absolute atomic E-state index is 0.360. The molecule has 0 aromatic heterocycles. The Labute approximate surface area is 116 Å². The van der Waals surface area contributed by atoms with Crippen LogP contribution >= 0.6 is 0 Å². The smallest absolute Gasteiger partial charge is 0.0361 e. The van der Waals surface area contributed by atoms with E-state index in [1.54, 1.807) is 0 Å². The Morgan fingerprint density at radius 1 is 0.947 bits per heavy atom. The monoisotopic (exact) mass is 254 g/mol. The molecule has 1 N–H and O–H groups in total. The van der Waals surface area contributed by atoms with Gasteiger partial charge in [0.05, 0.1) is 0 Å². The molecule has 0 bridgehead atoms. The van der Waals surface area contributed by atoms with Gasteiger partial charge in [0.1, 0.15) is 0 Å². The van der Waals surface area contributed by atoms with E-state index in [-0.39, 0.29) is 0 Å². The molecule has 2 nitrogen and oxygen atoms in total. The molecule has 0 radical (unpaired) electrons. The summed E-state index contributed by atoms with van der Waals surface area (Å²) in [5.74, 6) is 0. The second-order valence-electron chi connectivity index (χ2n) is 5.02. The Kier molecular flexibility index (Phi) is 4.58. The minimum atomic E-state index is 0.360. The number of anilines is 1. The van der Waals surface area contributed by atoms with E-state index in [9.17, 15) is 0 Å². The lowest BCUT2D eigenvalue weighted by Crippen LogP contribution is -2.19. The summed E-state index contributed by atoms with van der Waals surface area (Å²) in [6.45, 7) is 0. The fraction of sp³-hybridized carbons (Fsp3) is 0.294. The van der Waals surface area contributed by atoms with Gasteiger partial charge in [-0.1, -0.05) is 42.5 Å². The summed E-state index contributed by atoms with van der Waals surface area (Å²) < 4.78 is 0. The molecule has 0 aliphatic carbocycles. The number of hydrogen-bond donors (Lipinski definition) is 1. The molecule has 2 rings (SSSR count). The van der Waals surface area contributed by atoms with E-state index in [0.29, 0.717) is 6.04 Å². The van der Waals surface area contributed by atoms with E-state index >= 15 is 0 Å². The third-order valence-electron chi connectivity index (χ3n) is 3.44. The zero-order chi connectivity index (χ0) is 13.7. The molecule has 0 saturated carbocycles. The van der Waals surface area contributed by atoms with Crippen molar-refractivity contribution in [2.45, 2.75) is 12.5 Å². The van der Waals surface area contributed by atoms with Gasteiger partial charge in [-0.3, -0.25) is 0 Å². The normalized spacial score (nSPS) is 12.2. The van der Waals surface area contributed by atoms with E-state index in [1.165, 1.54) is 16.8 Å². The predicted molar refractivity (Wildman–Crippen MR) is 82.7 cm³/mol. The van der Waals surface area contributed by atoms with Crippen molar-refractivity contribution < 1.29 is 0 Å². The van der Waals surface area contributed by atoms with Crippen molar-refractivity contribution in [2.24, 2.45) is 0 Å². The largest absolute Gasteiger partial charge is 0.378 e. The molecule has 0 aliphatic heterocycles. The van der Waals surface area contributed by atoms with Crippen molar-refractivity contribution in [3.63, 3.8) is 0 Å². The van der Waals surface area contributed by atoms with Gasteiger partial charge in [0.25, 0.3) is 0 Å². The standard InChI is InChI=1S/C17H22N2/c1-18-17(13-14-7-5-4-6-8-14)15-9-11-16(12-10-15)19(2)3/h4-12,17-18H,13H2,1-3H3/t17-/m1/s1. The van der Waals surface area contributed by atoms with Gasteiger partial charge in [-0.25, -0.2) is 0 Å². The third kappa shape index (κ3) is 3.58. The summed E-state index contributed by atoms with van der Waals surface area (Å²) in [7, 11) is 6.15. The van der Waals surface area contributed by atoms with Crippen LogP contribution in [0.25, 0.3) is 0 Å². The quantitative estimate of drug-likeness (QED) is 0.881. The molecule has 2 aromatic carbocycles. The third-order valence-corrected chi connectivity index (χ3v) is 3.44. The molecular weight excluding hydrogens is 232 g/mol. The van der Waals surface area contributed by atoms with Crippen molar-refractivity contribution in [3.8, 4) is 0 Å². The Morgan fingerprint density at radius 2 is 1.58 bits per heavy atom. The number of nitrogens with zero attached hydrogens (tertiary/aromatic N) is 1. The van der Waals surface area contributed by atoms with E-state index < -0.39 is 0 Å². The zero-order valence-corrected chi connectivity index (χ0v) is 11.9. The van der Waals surface area contributed by atoms with Gasteiger partial charge in [0.2, 0.25) is 0 Å². The maximum absolute atomic E-state index is 3.40. The highest BCUT2D eigenvalue weighted by molar-refractivity contribution is 5.46. The van der Waals surface area contributed by atoms with E-state index in [4.69, 9.17) is 0 Å². The fourth-order valence-electron chi connectivity index (χ4n) is 2.24. The van der Waals surface area contributed by atoms with Gasteiger partial charge in [0, 0.05) is 25.8 Å². The molecule has 2 aromatic rings. The number of rotatable bonds is 5. The summed E-state index contributed by atoms with van der Waals surface area (Å²) in [6.07, 6.45) is 1.01. The molecule has 0 fully saturated rings. The number of nitrogens with one attached hydrogen (secondary N) is 1. The fourth-order valence-corrected chi connectivity index (χ4v) is 2.24. The minimum Gasteiger partial charge on any atom is -0.378 e. The van der Waals surface area contributed by atoms with E-state index in [0.717, 1.165) is 6.42 Å². The highest BCUT2D eigenvalue weighted by atomic mass is 15.1. The number of likely N-dealkylation sites (N-methyl/N-ethyl adjacent to an activating group) is 1. The molecule has 0 unspecified atom stereocenters. The molecular formula is C17H22N2. The van der Waals surface area contributed by atoms with Crippen LogP contribution in [-0.4, -0.2) is 21.1 Å². The average molecular weight is 254 g/mol. The number of hydrogen-bond acceptors (Lipinski definition) is 2. The Bertz CT molecular complexity index is 488. The first kappa shape index (κ1) is 13.6. The summed E-state index contributed by atoms with van der Waals surface area (Å²) in [4.78, 5) is 2.12. The van der Waals surface area contributed by atoms with Crippen LogP contribution in [0.15, 0.2) is 54.6 Å². The van der Waals surface area contributed by atoms with Gasteiger partial charge in [-0.15, -0.1) is 0 Å². The molecule has 0 heterocycles. The molecule has 2 heteroatoms. The molecule has 0 amide bonds. The first-order valence-corrected chi connectivity index (χ1v) is 6.69. The first-order chi connectivity index (χ1) is 9.20. The van der Waals surface area contributed by atoms with Crippen LogP contribution in [0.4, 0.5) is 5.69 Å². The Hall–Kier alpha value is -1.80. The van der Waals surface area contributed by atoms with Gasteiger partial charge < -0.3 is 10.2 Å². The second kappa shape index (κ2) is 6.39. The Balaban J connectivity index is 2.13. The van der Waals surface area contributed by atoms with Crippen LogP contribution < -0.4 is 10.2 Å². The van der Waals surface area contributed by atoms with Crippen LogP contribution in [0.3, 0.4) is 0 Å². The first-order valence-electron chi connectivity index (χ1n) is 6.69. The van der Waals surface area contributed by atoms with Crippen LogP contribution in [-0.2, 0) is 6.42 Å². The van der Waals surface area contributed by atoms with Crippen molar-refractivity contribution in [1.29, 1.82) is 0 Å². The predicted octanol–water partition coefficient (Wildman–Crippen LogP) is 3.26. The lowest BCUT2D eigenvalue weighted by molar-refractivity contribution is 0.592. The molecule has 1 atom stereocenters. The van der Waals surface area contributed by atoms with Crippen LogP contribution in [0.1, 0.15) is 17.2 Å². The van der Waals surface area contributed by atoms with Gasteiger partial charge >= 0.3 is 0 Å². The average Bonchev–Trinajstić information content (AvgIpc) is 2.46. The molecule has 0 saturated heterocycles. The molecule has 0 spiro atoms. The summed E-state index contributed by atoms with van der Waals surface area (Å²) >= 11 is 0. The number of benzene rings is 2. The Morgan fingerprint density at radius 3 is 2.11 bits per heavy atom. The maximum Gasteiger partial charge on any atom is 0.0361 e. The summed E-state index contributed by atoms with van der Waals surface area (Å²) in [5.41, 5.74) is 3.92. The summed E-state index contributed by atoms with van der Waals surface area (Å²) in [5, 5.41) is 3.40. The molecule has 0 aliphatic rings. The summed E-state index contributed by atoms with van der Waals surface area (Å²) in [6, 6.07) is 19.7. The van der Waals surface area contributed by atoms with Gasteiger partial charge in [-0.05, 0) is 36.7 Å². The van der Waals surface area contributed by atoms with Crippen molar-refractivity contribution in [1.82, 2.24) is 5.32 Å². The van der Waals surface area contributed by atoms with Gasteiger partial charge in [0.15, 0.2) is 0 Å². The topological polar surface area (TPSA) is 15.3 Å². The van der Waals surface area contributed by atoms with Crippen LogP contribution in [0.2, 0.25) is 0 Å². The van der Waals surface area contributed by atoms with Gasteiger partial charge in [-0.2, -0.15) is 0 Å². The van der Waals surface area contributed by atoms with Crippen molar-refractivity contribution in [3.05, 3.63) is 65.7 Å². The lowest BCUT2D eigenvalue weighted by Gasteiger charge is -2.19. The van der Waals surface area contributed by atoms with Crippen molar-refractivity contribution >= 4 is 5.69 Å². The highest BCUT2D eigenvalue weighted by Crippen LogP contribution is 2.21. The van der Waals surface area contributed by atoms with Crippen LogP contribution in [0, 0.1) is 0 Å². The second-order valence-corrected chi connectivity index (χ2v) is 5.02. The van der Waals surface area contributed by atoms with Crippen LogP contribution in [0.5, 0.6) is 0 Å². The SMILES string of the molecule is CN[C@H](Cc1ccccc1)c1ccc(N(C)C)cc1. The zero-order valence-electron chi connectivity index (χ0n) is 11.9. The maximum atomic E-state index is 3.40. The molecule has 19 heavy (non-hydrogen) atoms.